The maximum atomic E-state index is 6.01. The number of likely N-dealkylation sites (N-methyl/N-ethyl adjacent to an activating group) is 1. The zero-order chi connectivity index (χ0) is 15.4. The summed E-state index contributed by atoms with van der Waals surface area (Å²) in [5, 5.41) is 0. The average Bonchev–Trinajstić information content (AvgIpc) is 2.49. The lowest BCUT2D eigenvalue weighted by Gasteiger charge is -2.28. The monoisotopic (exact) mass is 284 g/mol. The molecule has 1 atom stereocenters. The van der Waals surface area contributed by atoms with Gasteiger partial charge in [0, 0.05) is 24.5 Å². The minimum Gasteiger partial charge on any atom is -0.496 e. The quantitative estimate of drug-likeness (QED) is 0.852. The Morgan fingerprint density at radius 2 is 1.90 bits per heavy atom. The second-order valence-corrected chi connectivity index (χ2v) is 5.52. The number of nitrogen functional groups attached to an aromatic ring is 1. The maximum absolute atomic E-state index is 6.01. The first kappa shape index (κ1) is 15.2. The maximum Gasteiger partial charge on any atom is 0.122 e. The molecule has 112 valence electrons. The molecule has 0 aliphatic heterocycles. The molecule has 0 fully saturated rings. The summed E-state index contributed by atoms with van der Waals surface area (Å²) in [6, 6.07) is 14.7. The predicted octanol–water partition coefficient (Wildman–Crippen LogP) is 3.65. The highest BCUT2D eigenvalue weighted by Gasteiger charge is 2.13. The van der Waals surface area contributed by atoms with Gasteiger partial charge in [0.15, 0.2) is 0 Å². The number of benzene rings is 2. The number of para-hydroxylation sites is 1. The molecule has 2 rings (SSSR count). The number of nitrogens with two attached hydrogens (primary N) is 1. The van der Waals surface area contributed by atoms with Crippen LogP contribution in [-0.2, 0) is 6.42 Å². The van der Waals surface area contributed by atoms with Gasteiger partial charge in [-0.2, -0.15) is 0 Å². The zero-order valence-corrected chi connectivity index (χ0v) is 13.3. The molecule has 0 aliphatic carbocycles. The molecule has 21 heavy (non-hydrogen) atoms. The van der Waals surface area contributed by atoms with E-state index in [-0.39, 0.29) is 0 Å². The molecule has 0 heterocycles. The van der Waals surface area contributed by atoms with E-state index in [9.17, 15) is 0 Å². The van der Waals surface area contributed by atoms with Crippen LogP contribution in [0.3, 0.4) is 0 Å². The van der Waals surface area contributed by atoms with Crippen LogP contribution in [-0.4, -0.2) is 20.2 Å². The van der Waals surface area contributed by atoms with Crippen molar-refractivity contribution in [3.05, 3.63) is 53.6 Å². The fraction of sp³-hybridized carbons (Fsp3) is 0.333. The van der Waals surface area contributed by atoms with Gasteiger partial charge >= 0.3 is 0 Å². The van der Waals surface area contributed by atoms with Crippen LogP contribution in [0.2, 0.25) is 0 Å². The van der Waals surface area contributed by atoms with Crippen LogP contribution in [0.1, 0.15) is 18.1 Å². The van der Waals surface area contributed by atoms with Gasteiger partial charge in [-0.3, -0.25) is 0 Å². The van der Waals surface area contributed by atoms with E-state index >= 15 is 0 Å². The van der Waals surface area contributed by atoms with Crippen LogP contribution in [0.4, 0.5) is 11.4 Å². The smallest absolute Gasteiger partial charge is 0.122 e. The van der Waals surface area contributed by atoms with Gasteiger partial charge in [-0.05, 0) is 49.6 Å². The number of hydrogen-bond donors (Lipinski definition) is 1. The number of aryl methyl sites for hydroxylation is 1. The topological polar surface area (TPSA) is 38.5 Å². The highest BCUT2D eigenvalue weighted by molar-refractivity contribution is 5.60. The molecular weight excluding hydrogens is 260 g/mol. The Bertz CT molecular complexity index is 610. The molecule has 0 amide bonds. The summed E-state index contributed by atoms with van der Waals surface area (Å²) < 4.78 is 5.43. The first-order valence-corrected chi connectivity index (χ1v) is 7.23. The van der Waals surface area contributed by atoms with Crippen LogP contribution in [0.25, 0.3) is 0 Å². The van der Waals surface area contributed by atoms with Crippen molar-refractivity contribution in [2.24, 2.45) is 0 Å². The predicted molar refractivity (Wildman–Crippen MR) is 90.2 cm³/mol. The summed E-state index contributed by atoms with van der Waals surface area (Å²) in [7, 11) is 3.82. The highest BCUT2D eigenvalue weighted by atomic mass is 16.5. The Labute approximate surface area is 127 Å². The molecule has 0 aliphatic rings. The highest BCUT2D eigenvalue weighted by Crippen LogP contribution is 2.25. The minimum absolute atomic E-state index is 0.350. The van der Waals surface area contributed by atoms with Crippen LogP contribution in [0, 0.1) is 6.92 Å². The van der Waals surface area contributed by atoms with Crippen LogP contribution in [0.5, 0.6) is 5.75 Å². The van der Waals surface area contributed by atoms with Gasteiger partial charge in [-0.25, -0.2) is 0 Å². The molecule has 2 aromatic carbocycles. The lowest BCUT2D eigenvalue weighted by Crippen LogP contribution is -2.30. The lowest BCUT2D eigenvalue weighted by molar-refractivity contribution is 0.408. The Morgan fingerprint density at radius 3 is 2.57 bits per heavy atom. The average molecular weight is 284 g/mol. The Kier molecular flexibility index (Phi) is 4.73. The first-order valence-electron chi connectivity index (χ1n) is 7.23. The number of anilines is 2. The molecule has 3 nitrogen and oxygen atoms in total. The van der Waals surface area contributed by atoms with Crippen molar-refractivity contribution in [3.63, 3.8) is 0 Å². The van der Waals surface area contributed by atoms with E-state index in [2.05, 4.69) is 43.1 Å². The third-order valence-electron chi connectivity index (χ3n) is 4.04. The van der Waals surface area contributed by atoms with Crippen LogP contribution in [0.15, 0.2) is 42.5 Å². The first-order chi connectivity index (χ1) is 10.0. The second kappa shape index (κ2) is 6.53. The normalized spacial score (nSPS) is 12.0. The summed E-state index contributed by atoms with van der Waals surface area (Å²) in [6.45, 7) is 4.24. The summed E-state index contributed by atoms with van der Waals surface area (Å²) in [5.74, 6) is 0.946. The van der Waals surface area contributed by atoms with Gasteiger partial charge in [-0.1, -0.05) is 24.3 Å². The summed E-state index contributed by atoms with van der Waals surface area (Å²) in [5.41, 5.74) is 10.3. The summed E-state index contributed by atoms with van der Waals surface area (Å²) >= 11 is 0. The number of ether oxygens (including phenoxy) is 1. The largest absolute Gasteiger partial charge is 0.496 e. The number of methoxy groups -OCH3 is 1. The SMILES string of the molecule is COc1ccccc1CC(C)N(C)c1ccc(C)c(N)c1. The molecule has 0 bridgehead atoms. The molecule has 2 N–H and O–H groups in total. The van der Waals surface area contributed by atoms with Crippen molar-refractivity contribution in [2.75, 3.05) is 24.8 Å². The number of nitrogens with zero attached hydrogens (tertiary/aromatic N) is 1. The van der Waals surface area contributed by atoms with Gasteiger partial charge in [-0.15, -0.1) is 0 Å². The van der Waals surface area contributed by atoms with Gasteiger partial charge in [0.1, 0.15) is 5.75 Å². The van der Waals surface area contributed by atoms with Crippen molar-refractivity contribution in [1.29, 1.82) is 0 Å². The number of hydrogen-bond acceptors (Lipinski definition) is 3. The fourth-order valence-corrected chi connectivity index (χ4v) is 2.43. The molecule has 1 unspecified atom stereocenters. The summed E-state index contributed by atoms with van der Waals surface area (Å²) in [4.78, 5) is 2.25. The van der Waals surface area contributed by atoms with Crippen molar-refractivity contribution < 1.29 is 4.74 Å². The fourth-order valence-electron chi connectivity index (χ4n) is 2.43. The van der Waals surface area contributed by atoms with Gasteiger partial charge in [0.2, 0.25) is 0 Å². The van der Waals surface area contributed by atoms with E-state index in [0.717, 1.165) is 29.1 Å². The molecule has 0 radical (unpaired) electrons. The molecule has 0 spiro atoms. The van der Waals surface area contributed by atoms with E-state index in [1.807, 2.05) is 25.1 Å². The third-order valence-corrected chi connectivity index (χ3v) is 4.04. The van der Waals surface area contributed by atoms with Gasteiger partial charge in [0.05, 0.1) is 7.11 Å². The van der Waals surface area contributed by atoms with E-state index in [1.54, 1.807) is 7.11 Å². The standard InChI is InChI=1S/C18H24N2O/c1-13-9-10-16(12-17(13)19)20(3)14(2)11-15-7-5-6-8-18(15)21-4/h5-10,12,14H,11,19H2,1-4H3. The third kappa shape index (κ3) is 3.48. The molecule has 0 saturated heterocycles. The van der Waals surface area contributed by atoms with Crippen LogP contribution < -0.4 is 15.4 Å². The molecule has 3 heteroatoms. The summed E-state index contributed by atoms with van der Waals surface area (Å²) in [6.07, 6.45) is 0.925. The number of rotatable bonds is 5. The van der Waals surface area contributed by atoms with Crippen molar-refractivity contribution >= 4 is 11.4 Å². The Morgan fingerprint density at radius 1 is 1.19 bits per heavy atom. The van der Waals surface area contributed by atoms with Crippen molar-refractivity contribution in [3.8, 4) is 5.75 Å². The molecule has 2 aromatic rings. The van der Waals surface area contributed by atoms with Crippen molar-refractivity contribution in [2.45, 2.75) is 26.3 Å². The molecule has 0 saturated carbocycles. The molecule has 0 aromatic heterocycles. The van der Waals surface area contributed by atoms with Gasteiger partial charge in [0.25, 0.3) is 0 Å². The van der Waals surface area contributed by atoms with Gasteiger partial charge < -0.3 is 15.4 Å². The van der Waals surface area contributed by atoms with E-state index in [4.69, 9.17) is 10.5 Å². The Balaban J connectivity index is 2.15. The van der Waals surface area contributed by atoms with E-state index < -0.39 is 0 Å². The minimum atomic E-state index is 0.350. The second-order valence-electron chi connectivity index (χ2n) is 5.52. The zero-order valence-electron chi connectivity index (χ0n) is 13.3. The molecular formula is C18H24N2O. The van der Waals surface area contributed by atoms with E-state index in [1.165, 1.54) is 5.56 Å². The van der Waals surface area contributed by atoms with Crippen LogP contribution >= 0.6 is 0 Å². The van der Waals surface area contributed by atoms with Crippen molar-refractivity contribution in [1.82, 2.24) is 0 Å². The lowest BCUT2D eigenvalue weighted by atomic mass is 10.0. The van der Waals surface area contributed by atoms with E-state index in [0.29, 0.717) is 6.04 Å². The Hall–Kier alpha value is -2.16.